The minimum atomic E-state index is -2.72. The normalized spacial score (nSPS) is 24.7. The lowest BCUT2D eigenvalue weighted by atomic mass is 10.0. The summed E-state index contributed by atoms with van der Waals surface area (Å²) in [6, 6.07) is 5.36. The molecule has 2 heterocycles. The highest BCUT2D eigenvalue weighted by atomic mass is 19.3. The molecular weight excluding hydrogens is 326 g/mol. The molecule has 1 aromatic carbocycles. The largest absolute Gasteiger partial charge is 0.395 e. The standard InChI is InChI=1S/C19H26F2N2O2/c1-13-7-14(2)9-15(8-13)18(25)22-5-3-16(4-6-22)23-12-19(20,21)10-17(23)11-24/h7-9,16-17,24H,3-6,10-12H2,1-2H3/t17-/m0/s1. The summed E-state index contributed by atoms with van der Waals surface area (Å²) in [7, 11) is 0. The van der Waals surface area contributed by atoms with Crippen LogP contribution in [0.5, 0.6) is 0 Å². The van der Waals surface area contributed by atoms with Crippen molar-refractivity contribution in [3.63, 3.8) is 0 Å². The molecular formula is C19H26F2N2O2. The molecule has 0 radical (unpaired) electrons. The van der Waals surface area contributed by atoms with Crippen molar-refractivity contribution < 1.29 is 18.7 Å². The summed E-state index contributed by atoms with van der Waals surface area (Å²) in [6.07, 6.45) is 1.07. The second kappa shape index (κ2) is 7.00. The van der Waals surface area contributed by atoms with Gasteiger partial charge in [0.05, 0.1) is 13.2 Å². The average molecular weight is 352 g/mol. The van der Waals surface area contributed by atoms with E-state index in [0.717, 1.165) is 11.1 Å². The molecule has 0 saturated carbocycles. The minimum absolute atomic E-state index is 0.00817. The van der Waals surface area contributed by atoms with E-state index >= 15 is 0 Å². The molecule has 2 saturated heterocycles. The zero-order valence-corrected chi connectivity index (χ0v) is 14.8. The summed E-state index contributed by atoms with van der Waals surface area (Å²) in [4.78, 5) is 16.3. The van der Waals surface area contributed by atoms with Gasteiger partial charge in [-0.25, -0.2) is 8.78 Å². The molecule has 0 aliphatic carbocycles. The molecule has 1 aromatic rings. The van der Waals surface area contributed by atoms with Gasteiger partial charge < -0.3 is 10.0 Å². The molecule has 1 atom stereocenters. The highest BCUT2D eigenvalue weighted by Gasteiger charge is 2.47. The number of aliphatic hydroxyl groups excluding tert-OH is 1. The zero-order valence-electron chi connectivity index (χ0n) is 14.8. The Balaban J connectivity index is 1.63. The van der Waals surface area contributed by atoms with Crippen LogP contribution in [0.25, 0.3) is 0 Å². The summed E-state index contributed by atoms with van der Waals surface area (Å²) in [5.41, 5.74) is 2.81. The second-order valence-corrected chi connectivity index (χ2v) is 7.47. The van der Waals surface area contributed by atoms with Crippen LogP contribution in [0, 0.1) is 13.8 Å². The van der Waals surface area contributed by atoms with Crippen molar-refractivity contribution in [2.45, 2.75) is 51.1 Å². The molecule has 2 aliphatic heterocycles. The van der Waals surface area contributed by atoms with Crippen LogP contribution in [0.15, 0.2) is 18.2 Å². The van der Waals surface area contributed by atoms with Gasteiger partial charge in [-0.1, -0.05) is 17.2 Å². The first-order valence-electron chi connectivity index (χ1n) is 8.91. The van der Waals surface area contributed by atoms with Crippen LogP contribution in [0.1, 0.15) is 40.7 Å². The third-order valence-electron chi connectivity index (χ3n) is 5.32. The van der Waals surface area contributed by atoms with E-state index < -0.39 is 12.0 Å². The van der Waals surface area contributed by atoms with Gasteiger partial charge in [-0.05, 0) is 38.8 Å². The maximum atomic E-state index is 13.7. The molecule has 3 rings (SSSR count). The molecule has 6 heteroatoms. The average Bonchev–Trinajstić information content (AvgIpc) is 2.88. The lowest BCUT2D eigenvalue weighted by Gasteiger charge is -2.38. The smallest absolute Gasteiger partial charge is 0.262 e. The van der Waals surface area contributed by atoms with Crippen molar-refractivity contribution in [1.82, 2.24) is 9.80 Å². The number of carbonyl (C=O) groups is 1. The molecule has 2 fully saturated rings. The number of aryl methyl sites for hydroxylation is 2. The third-order valence-corrected chi connectivity index (χ3v) is 5.32. The van der Waals surface area contributed by atoms with Crippen LogP contribution in [-0.2, 0) is 0 Å². The summed E-state index contributed by atoms with van der Waals surface area (Å²) < 4.78 is 27.3. The predicted octanol–water partition coefficient (Wildman–Crippen LogP) is 2.61. The SMILES string of the molecule is Cc1cc(C)cc(C(=O)N2CCC(N3CC(F)(F)C[C@H]3CO)CC2)c1. The molecule has 4 nitrogen and oxygen atoms in total. The number of carbonyl (C=O) groups excluding carboxylic acids is 1. The molecule has 0 unspecified atom stereocenters. The molecule has 25 heavy (non-hydrogen) atoms. The van der Waals surface area contributed by atoms with Crippen molar-refractivity contribution in [2.75, 3.05) is 26.2 Å². The number of halogens is 2. The van der Waals surface area contributed by atoms with Crippen LogP contribution in [-0.4, -0.2) is 65.1 Å². The van der Waals surface area contributed by atoms with Gasteiger partial charge in [0.2, 0.25) is 0 Å². The first-order chi connectivity index (χ1) is 11.8. The third kappa shape index (κ3) is 4.01. The number of hydrogen-bond acceptors (Lipinski definition) is 3. The van der Waals surface area contributed by atoms with Gasteiger partial charge in [0.1, 0.15) is 0 Å². The van der Waals surface area contributed by atoms with E-state index in [9.17, 15) is 18.7 Å². The van der Waals surface area contributed by atoms with Gasteiger partial charge in [-0.2, -0.15) is 0 Å². The van der Waals surface area contributed by atoms with E-state index in [4.69, 9.17) is 0 Å². The number of likely N-dealkylation sites (tertiary alicyclic amines) is 2. The Labute approximate surface area is 147 Å². The number of amides is 1. The Morgan fingerprint density at radius 1 is 1.20 bits per heavy atom. The molecule has 0 spiro atoms. The Bertz CT molecular complexity index is 622. The quantitative estimate of drug-likeness (QED) is 0.909. The van der Waals surface area contributed by atoms with E-state index in [1.807, 2.05) is 36.9 Å². The minimum Gasteiger partial charge on any atom is -0.395 e. The maximum Gasteiger partial charge on any atom is 0.262 e. The van der Waals surface area contributed by atoms with Crippen molar-refractivity contribution >= 4 is 5.91 Å². The fraction of sp³-hybridized carbons (Fsp3) is 0.632. The van der Waals surface area contributed by atoms with Crippen molar-refractivity contribution in [3.8, 4) is 0 Å². The first-order valence-corrected chi connectivity index (χ1v) is 8.91. The Kier molecular flexibility index (Phi) is 5.11. The number of rotatable bonds is 3. The molecule has 1 amide bonds. The number of aliphatic hydroxyl groups is 1. The number of piperidine rings is 1. The highest BCUT2D eigenvalue weighted by Crippen LogP contribution is 2.35. The first kappa shape index (κ1) is 18.3. The molecule has 138 valence electrons. The van der Waals surface area contributed by atoms with Crippen LogP contribution in [0.2, 0.25) is 0 Å². The van der Waals surface area contributed by atoms with Crippen molar-refractivity contribution in [2.24, 2.45) is 0 Å². The van der Waals surface area contributed by atoms with E-state index in [1.165, 1.54) is 0 Å². The lowest BCUT2D eigenvalue weighted by Crippen LogP contribution is -2.49. The molecule has 2 aliphatic rings. The fourth-order valence-corrected chi connectivity index (χ4v) is 4.20. The summed E-state index contributed by atoms with van der Waals surface area (Å²) in [5.74, 6) is -2.71. The highest BCUT2D eigenvalue weighted by molar-refractivity contribution is 5.94. The van der Waals surface area contributed by atoms with E-state index in [-0.39, 0.29) is 31.5 Å². The topological polar surface area (TPSA) is 43.8 Å². The number of benzene rings is 1. The van der Waals surface area contributed by atoms with Gasteiger partial charge >= 0.3 is 0 Å². The molecule has 0 aromatic heterocycles. The van der Waals surface area contributed by atoms with Crippen LogP contribution in [0.4, 0.5) is 8.78 Å². The summed E-state index contributed by atoms with van der Waals surface area (Å²) in [6.45, 7) is 4.55. The van der Waals surface area contributed by atoms with E-state index in [2.05, 4.69) is 0 Å². The Morgan fingerprint density at radius 2 is 1.80 bits per heavy atom. The van der Waals surface area contributed by atoms with Gasteiger partial charge in [-0.3, -0.25) is 9.69 Å². The monoisotopic (exact) mass is 352 g/mol. The second-order valence-electron chi connectivity index (χ2n) is 7.47. The van der Waals surface area contributed by atoms with E-state index in [0.29, 0.717) is 31.5 Å². The maximum absolute atomic E-state index is 13.7. The Hall–Kier alpha value is -1.53. The number of alkyl halides is 2. The Morgan fingerprint density at radius 3 is 2.36 bits per heavy atom. The van der Waals surface area contributed by atoms with Crippen LogP contribution < -0.4 is 0 Å². The van der Waals surface area contributed by atoms with Gasteiger partial charge in [0, 0.05) is 37.2 Å². The number of nitrogens with zero attached hydrogens (tertiary/aromatic N) is 2. The lowest BCUT2D eigenvalue weighted by molar-refractivity contribution is 0.00297. The summed E-state index contributed by atoms with van der Waals surface area (Å²) >= 11 is 0. The fourth-order valence-electron chi connectivity index (χ4n) is 4.20. The molecule has 0 bridgehead atoms. The van der Waals surface area contributed by atoms with E-state index in [1.54, 1.807) is 4.90 Å². The number of hydrogen-bond donors (Lipinski definition) is 1. The zero-order chi connectivity index (χ0) is 18.2. The predicted molar refractivity (Wildman–Crippen MR) is 92.0 cm³/mol. The van der Waals surface area contributed by atoms with Gasteiger partial charge in [-0.15, -0.1) is 0 Å². The molecule has 1 N–H and O–H groups in total. The van der Waals surface area contributed by atoms with Gasteiger partial charge in [0.15, 0.2) is 0 Å². The van der Waals surface area contributed by atoms with Crippen molar-refractivity contribution in [3.05, 3.63) is 34.9 Å². The van der Waals surface area contributed by atoms with Crippen LogP contribution >= 0.6 is 0 Å². The van der Waals surface area contributed by atoms with Gasteiger partial charge in [0.25, 0.3) is 11.8 Å². The van der Waals surface area contributed by atoms with Crippen LogP contribution in [0.3, 0.4) is 0 Å². The summed E-state index contributed by atoms with van der Waals surface area (Å²) in [5, 5.41) is 9.40. The van der Waals surface area contributed by atoms with Crippen molar-refractivity contribution in [1.29, 1.82) is 0 Å².